The molecule has 2 bridgehead atoms. The summed E-state index contributed by atoms with van der Waals surface area (Å²) >= 11 is 7.78. The second kappa shape index (κ2) is 10.9. The normalized spacial score (nSPS) is 26.9. The van der Waals surface area contributed by atoms with Crippen LogP contribution in [0.15, 0.2) is 52.7 Å². The highest BCUT2D eigenvalue weighted by molar-refractivity contribution is 7.87. The monoisotopic (exact) mass is 673 g/mol. The highest BCUT2D eigenvalue weighted by Gasteiger charge is 2.54. The summed E-state index contributed by atoms with van der Waals surface area (Å²) in [6.07, 6.45) is 2.49. The summed E-state index contributed by atoms with van der Waals surface area (Å²) in [7, 11) is -4.17. The molecule has 17 heteroatoms. The molecule has 44 heavy (non-hydrogen) atoms. The van der Waals surface area contributed by atoms with Gasteiger partial charge in [0.2, 0.25) is 0 Å². The van der Waals surface area contributed by atoms with Crippen molar-refractivity contribution < 1.29 is 30.4 Å². The molecule has 3 aromatic rings. The van der Waals surface area contributed by atoms with E-state index in [1.54, 1.807) is 16.5 Å². The molecule has 4 atom stereocenters. The van der Waals surface area contributed by atoms with Crippen LogP contribution >= 0.6 is 22.9 Å². The van der Waals surface area contributed by atoms with Gasteiger partial charge in [-0.15, -0.1) is 11.3 Å². The van der Waals surface area contributed by atoms with Gasteiger partial charge < -0.3 is 4.90 Å². The lowest BCUT2D eigenvalue weighted by Crippen LogP contribution is -2.55. The molecule has 3 saturated heterocycles. The lowest BCUT2D eigenvalue weighted by atomic mass is 9.92. The Kier molecular flexibility index (Phi) is 7.35. The number of aliphatic imine (C=N–C) groups is 1. The largest absolute Gasteiger partial charge is 0.333 e. The maximum absolute atomic E-state index is 14.2. The van der Waals surface area contributed by atoms with Crippen LogP contribution in [0.25, 0.3) is 5.57 Å². The molecule has 7 rings (SSSR count). The van der Waals surface area contributed by atoms with Crippen LogP contribution in [0.5, 0.6) is 0 Å². The average molecular weight is 674 g/mol. The Bertz CT molecular complexity index is 1750. The molecule has 0 aliphatic carbocycles. The van der Waals surface area contributed by atoms with Crippen molar-refractivity contribution in [2.24, 2.45) is 4.99 Å². The molecule has 0 radical (unpaired) electrons. The molecular formula is C27H25ClF5N7O2S2. The summed E-state index contributed by atoms with van der Waals surface area (Å²) in [5, 5.41) is 6.41. The molecule has 1 aromatic carbocycles. The second-order valence-corrected chi connectivity index (χ2v) is 14.2. The molecule has 3 fully saturated rings. The van der Waals surface area contributed by atoms with Gasteiger partial charge in [0.05, 0.1) is 5.69 Å². The minimum atomic E-state index is -4.17. The fourth-order valence-corrected chi connectivity index (χ4v) is 9.55. The molecule has 2 aromatic heterocycles. The fourth-order valence-electron chi connectivity index (χ4n) is 6.79. The predicted molar refractivity (Wildman–Crippen MR) is 153 cm³/mol. The average Bonchev–Trinajstić information content (AvgIpc) is 3.74. The zero-order valence-corrected chi connectivity index (χ0v) is 25.1. The van der Waals surface area contributed by atoms with E-state index < -0.39 is 65.5 Å². The zero-order chi connectivity index (χ0) is 31.0. The summed E-state index contributed by atoms with van der Waals surface area (Å²) in [6, 6.07) is 1.98. The van der Waals surface area contributed by atoms with Crippen molar-refractivity contribution in [1.82, 2.24) is 28.7 Å². The number of thiazole rings is 1. The SMILES string of the molecule is O=S(=O)(N[C@H]1CC2=C(c3ccn(C(F)F)n3)[C@H](c3ccc(F)cc3Cl)N=C(c3nccs3)N2C1)N1C2CCC1CC(F)(F)C2. The van der Waals surface area contributed by atoms with E-state index in [1.807, 2.05) is 0 Å². The number of fused-ring (bicyclic) bond motifs is 3. The Labute approximate surface area is 258 Å². The van der Waals surface area contributed by atoms with Crippen LogP contribution in [0.3, 0.4) is 0 Å². The van der Waals surface area contributed by atoms with E-state index in [0.717, 1.165) is 12.3 Å². The van der Waals surface area contributed by atoms with Crippen molar-refractivity contribution in [2.75, 3.05) is 6.54 Å². The summed E-state index contributed by atoms with van der Waals surface area (Å²) in [6.45, 7) is -2.80. The summed E-state index contributed by atoms with van der Waals surface area (Å²) in [5.74, 6) is -3.09. The van der Waals surface area contributed by atoms with E-state index in [-0.39, 0.29) is 23.7 Å². The zero-order valence-electron chi connectivity index (χ0n) is 22.8. The molecule has 4 aliphatic heterocycles. The maximum atomic E-state index is 14.2. The molecule has 0 spiro atoms. The third-order valence-corrected chi connectivity index (χ3v) is 11.3. The maximum Gasteiger partial charge on any atom is 0.333 e. The van der Waals surface area contributed by atoms with Crippen LogP contribution in [-0.2, 0) is 10.2 Å². The molecule has 2 unspecified atom stereocenters. The van der Waals surface area contributed by atoms with E-state index in [0.29, 0.717) is 45.2 Å². The number of hydrogen-bond acceptors (Lipinski definition) is 7. The quantitative estimate of drug-likeness (QED) is 0.329. The first-order chi connectivity index (χ1) is 20.9. The molecular weight excluding hydrogens is 649 g/mol. The first kappa shape index (κ1) is 29.8. The molecule has 0 amide bonds. The topological polar surface area (TPSA) is 95.7 Å². The second-order valence-electron chi connectivity index (χ2n) is 11.3. The van der Waals surface area contributed by atoms with Gasteiger partial charge in [0.15, 0.2) is 10.8 Å². The van der Waals surface area contributed by atoms with Crippen LogP contribution in [0, 0.1) is 5.82 Å². The Balaban J connectivity index is 1.31. The molecule has 0 saturated carbocycles. The predicted octanol–water partition coefficient (Wildman–Crippen LogP) is 5.61. The molecule has 1 N–H and O–H groups in total. The van der Waals surface area contributed by atoms with Crippen molar-refractivity contribution in [1.29, 1.82) is 0 Å². The number of nitrogens with zero attached hydrogens (tertiary/aromatic N) is 6. The third-order valence-electron chi connectivity index (χ3n) is 8.44. The number of nitrogens with one attached hydrogen (secondary N) is 1. The number of aromatic nitrogens is 3. The number of piperidine rings is 1. The first-order valence-electron chi connectivity index (χ1n) is 13.9. The van der Waals surface area contributed by atoms with Gasteiger partial charge in [0.25, 0.3) is 16.1 Å². The Morgan fingerprint density at radius 3 is 2.52 bits per heavy atom. The summed E-state index contributed by atoms with van der Waals surface area (Å²) in [4.78, 5) is 11.1. The lowest BCUT2D eigenvalue weighted by molar-refractivity contribution is -0.0634. The van der Waals surface area contributed by atoms with Crippen molar-refractivity contribution in [3.05, 3.63) is 74.8 Å². The van der Waals surface area contributed by atoms with E-state index in [1.165, 1.54) is 33.8 Å². The van der Waals surface area contributed by atoms with Crippen molar-refractivity contribution in [3.63, 3.8) is 0 Å². The van der Waals surface area contributed by atoms with Crippen LogP contribution < -0.4 is 4.72 Å². The Hall–Kier alpha value is -2.92. The van der Waals surface area contributed by atoms with Crippen LogP contribution in [-0.4, -0.2) is 68.8 Å². The minimum Gasteiger partial charge on any atom is -0.326 e. The summed E-state index contributed by atoms with van der Waals surface area (Å²) in [5.41, 5.74) is 1.51. The van der Waals surface area contributed by atoms with E-state index in [9.17, 15) is 30.4 Å². The van der Waals surface area contributed by atoms with Crippen molar-refractivity contribution >= 4 is 44.6 Å². The van der Waals surface area contributed by atoms with Crippen LogP contribution in [0.2, 0.25) is 5.02 Å². The van der Waals surface area contributed by atoms with E-state index >= 15 is 0 Å². The standard InChI is InChI=1S/C27H25ClF5N7O2S2/c28-19-9-14(29)1-4-18(19)23-22(20-5-7-39(36-20)26(30)31)21-10-15(13-38(21)24(35-23)25-34-6-8-43-25)37-44(41,42)40-16-2-3-17(40)12-27(32,33)11-16/h1,4-9,15-17,23,26,37H,2-3,10-13H2/t15-,16?,17?,23-/m0/s1. The van der Waals surface area contributed by atoms with E-state index in [4.69, 9.17) is 16.6 Å². The number of hydrogen-bond donors (Lipinski definition) is 1. The van der Waals surface area contributed by atoms with Gasteiger partial charge >= 0.3 is 6.55 Å². The number of benzene rings is 1. The molecule has 234 valence electrons. The van der Waals surface area contributed by atoms with Gasteiger partial charge in [0, 0.05) is 83.6 Å². The lowest BCUT2D eigenvalue weighted by Gasteiger charge is -2.38. The van der Waals surface area contributed by atoms with E-state index in [2.05, 4.69) is 14.8 Å². The number of halogens is 6. The highest BCUT2D eigenvalue weighted by atomic mass is 35.5. The third kappa shape index (κ3) is 5.23. The van der Waals surface area contributed by atoms with Gasteiger partial charge in [-0.25, -0.2) is 22.8 Å². The van der Waals surface area contributed by atoms with Gasteiger partial charge in [-0.2, -0.15) is 31.3 Å². The Morgan fingerprint density at radius 2 is 1.89 bits per heavy atom. The molecule has 9 nitrogen and oxygen atoms in total. The molecule has 4 aliphatic rings. The number of rotatable bonds is 7. The van der Waals surface area contributed by atoms with Gasteiger partial charge in [-0.1, -0.05) is 17.7 Å². The van der Waals surface area contributed by atoms with Crippen molar-refractivity contribution in [2.45, 2.75) is 68.7 Å². The summed E-state index contributed by atoms with van der Waals surface area (Å²) < 4.78 is 101. The smallest absolute Gasteiger partial charge is 0.326 e. The van der Waals surface area contributed by atoms with Crippen LogP contribution in [0.1, 0.15) is 61.0 Å². The van der Waals surface area contributed by atoms with Crippen molar-refractivity contribution in [3.8, 4) is 0 Å². The number of amidine groups is 1. The Morgan fingerprint density at radius 1 is 1.14 bits per heavy atom. The number of alkyl halides is 4. The van der Waals surface area contributed by atoms with Gasteiger partial charge in [0.1, 0.15) is 11.9 Å². The fraction of sp³-hybridized carbons (Fsp3) is 0.444. The van der Waals surface area contributed by atoms with Gasteiger partial charge in [-0.05, 0) is 31.0 Å². The van der Waals surface area contributed by atoms with Gasteiger partial charge in [-0.3, -0.25) is 4.99 Å². The minimum absolute atomic E-state index is 0.0599. The first-order valence-corrected chi connectivity index (χ1v) is 16.6. The highest BCUT2D eigenvalue weighted by Crippen LogP contribution is 2.48. The van der Waals surface area contributed by atoms with Crippen LogP contribution in [0.4, 0.5) is 22.0 Å². The molecule has 6 heterocycles.